The number of likely N-dealkylation sites (N-methyl/N-ethyl adjacent to an activating group) is 1. The van der Waals surface area contributed by atoms with Crippen LogP contribution in [0.5, 0.6) is 0 Å². The van der Waals surface area contributed by atoms with Gasteiger partial charge in [-0.3, -0.25) is 14.4 Å². The Morgan fingerprint density at radius 1 is 1.30 bits per heavy atom. The van der Waals surface area contributed by atoms with Crippen molar-refractivity contribution >= 4 is 17.8 Å². The third-order valence-corrected chi connectivity index (χ3v) is 4.99. The number of carboxylic acids is 1. The maximum Gasteiger partial charge on any atom is 0.306 e. The van der Waals surface area contributed by atoms with Crippen molar-refractivity contribution in [3.05, 3.63) is 35.6 Å². The zero-order valence-electron chi connectivity index (χ0n) is 15.9. The number of amides is 2. The van der Waals surface area contributed by atoms with Crippen LogP contribution in [-0.4, -0.2) is 59.4 Å². The van der Waals surface area contributed by atoms with Crippen molar-refractivity contribution in [1.82, 2.24) is 9.80 Å². The van der Waals surface area contributed by atoms with Gasteiger partial charge in [-0.05, 0) is 42.9 Å². The van der Waals surface area contributed by atoms with E-state index in [9.17, 15) is 18.8 Å². The molecule has 1 aromatic carbocycles. The Bertz CT molecular complexity index is 686. The standard InChI is InChI=1S/C20H27FN2O4/c1-14(10-15-4-3-5-17(21)12-15)11-18(24)22(2)13-19(25)23-8-6-16(7-9-23)20(26)27/h3-5,12,14,16H,6-11,13H2,1-2H3,(H,26,27). The van der Waals surface area contributed by atoms with Gasteiger partial charge in [0.25, 0.3) is 0 Å². The number of rotatable bonds is 7. The highest BCUT2D eigenvalue weighted by atomic mass is 19.1. The van der Waals surface area contributed by atoms with Crippen LogP contribution in [0.3, 0.4) is 0 Å². The second-order valence-corrected chi connectivity index (χ2v) is 7.39. The highest BCUT2D eigenvalue weighted by molar-refractivity contribution is 5.85. The fourth-order valence-electron chi connectivity index (χ4n) is 3.36. The summed E-state index contributed by atoms with van der Waals surface area (Å²) in [6.45, 7) is 2.74. The lowest BCUT2D eigenvalue weighted by Crippen LogP contribution is -2.45. The van der Waals surface area contributed by atoms with Crippen LogP contribution in [0.4, 0.5) is 4.39 Å². The number of benzene rings is 1. The molecule has 2 rings (SSSR count). The third kappa shape index (κ3) is 6.34. The van der Waals surface area contributed by atoms with Gasteiger partial charge in [-0.2, -0.15) is 0 Å². The highest BCUT2D eigenvalue weighted by Crippen LogP contribution is 2.18. The molecule has 0 spiro atoms. The third-order valence-electron chi connectivity index (χ3n) is 4.99. The maximum atomic E-state index is 13.2. The van der Waals surface area contributed by atoms with Crippen LogP contribution in [0.1, 0.15) is 31.7 Å². The van der Waals surface area contributed by atoms with Crippen LogP contribution in [0.15, 0.2) is 24.3 Å². The topological polar surface area (TPSA) is 77.9 Å². The number of carbonyl (C=O) groups excluding carboxylic acids is 2. The Hall–Kier alpha value is -2.44. The first kappa shape index (κ1) is 20.9. The molecule has 6 nitrogen and oxygen atoms in total. The van der Waals surface area contributed by atoms with E-state index < -0.39 is 11.9 Å². The van der Waals surface area contributed by atoms with Crippen molar-refractivity contribution in [3.63, 3.8) is 0 Å². The number of carbonyl (C=O) groups is 3. The monoisotopic (exact) mass is 378 g/mol. The van der Waals surface area contributed by atoms with Gasteiger partial charge in [0.2, 0.25) is 11.8 Å². The quantitative estimate of drug-likeness (QED) is 0.789. The molecule has 0 radical (unpaired) electrons. The van der Waals surface area contributed by atoms with Crippen LogP contribution in [-0.2, 0) is 20.8 Å². The van der Waals surface area contributed by atoms with E-state index in [1.165, 1.54) is 17.0 Å². The lowest BCUT2D eigenvalue weighted by Gasteiger charge is -2.31. The minimum Gasteiger partial charge on any atom is -0.481 e. The maximum absolute atomic E-state index is 13.2. The van der Waals surface area contributed by atoms with Gasteiger partial charge in [0.15, 0.2) is 0 Å². The number of hydrogen-bond donors (Lipinski definition) is 1. The van der Waals surface area contributed by atoms with Crippen molar-refractivity contribution in [2.45, 2.75) is 32.6 Å². The molecule has 1 unspecified atom stereocenters. The van der Waals surface area contributed by atoms with Gasteiger partial charge in [0.1, 0.15) is 5.82 Å². The minimum absolute atomic E-state index is 0.0107. The molecule has 1 aromatic rings. The molecule has 1 fully saturated rings. The molecular formula is C20H27FN2O4. The molecular weight excluding hydrogens is 351 g/mol. The van der Waals surface area contributed by atoms with Gasteiger partial charge in [-0.15, -0.1) is 0 Å². The van der Waals surface area contributed by atoms with E-state index in [1.54, 1.807) is 18.0 Å². The number of halogens is 1. The molecule has 27 heavy (non-hydrogen) atoms. The molecule has 1 atom stereocenters. The lowest BCUT2D eigenvalue weighted by molar-refractivity contribution is -0.146. The lowest BCUT2D eigenvalue weighted by atomic mass is 9.97. The van der Waals surface area contributed by atoms with E-state index in [1.807, 2.05) is 13.0 Å². The zero-order valence-corrected chi connectivity index (χ0v) is 15.9. The zero-order chi connectivity index (χ0) is 20.0. The van der Waals surface area contributed by atoms with Crippen molar-refractivity contribution < 1.29 is 23.9 Å². The van der Waals surface area contributed by atoms with Gasteiger partial charge < -0.3 is 14.9 Å². The Balaban J connectivity index is 1.77. The average Bonchev–Trinajstić information content (AvgIpc) is 2.61. The molecule has 1 saturated heterocycles. The Labute approximate surface area is 158 Å². The first-order chi connectivity index (χ1) is 12.8. The number of likely N-dealkylation sites (tertiary alicyclic amines) is 1. The average molecular weight is 378 g/mol. The summed E-state index contributed by atoms with van der Waals surface area (Å²) in [6, 6.07) is 6.34. The van der Waals surface area contributed by atoms with E-state index >= 15 is 0 Å². The number of carboxylic acid groups (broad SMARTS) is 1. The first-order valence-corrected chi connectivity index (χ1v) is 9.25. The SMILES string of the molecule is CC(CC(=O)N(C)CC(=O)N1CCC(C(=O)O)CC1)Cc1cccc(F)c1. The van der Waals surface area contributed by atoms with Crippen LogP contribution in [0, 0.1) is 17.7 Å². The molecule has 1 heterocycles. The van der Waals surface area contributed by atoms with Crippen molar-refractivity contribution in [3.8, 4) is 0 Å². The van der Waals surface area contributed by atoms with Gasteiger partial charge in [-0.1, -0.05) is 19.1 Å². The number of piperidine rings is 1. The van der Waals surface area contributed by atoms with Gasteiger partial charge in [0, 0.05) is 26.6 Å². The van der Waals surface area contributed by atoms with Gasteiger partial charge in [0.05, 0.1) is 12.5 Å². The molecule has 7 heteroatoms. The summed E-state index contributed by atoms with van der Waals surface area (Å²) in [5, 5.41) is 9.01. The van der Waals surface area contributed by atoms with Crippen LogP contribution in [0.25, 0.3) is 0 Å². The van der Waals surface area contributed by atoms with Crippen molar-refractivity contribution in [2.75, 3.05) is 26.7 Å². The Kier molecular flexibility index (Phi) is 7.33. The van der Waals surface area contributed by atoms with Gasteiger partial charge in [-0.25, -0.2) is 4.39 Å². The minimum atomic E-state index is -0.818. The number of hydrogen-bond acceptors (Lipinski definition) is 3. The summed E-state index contributed by atoms with van der Waals surface area (Å²) >= 11 is 0. The van der Waals surface area contributed by atoms with E-state index in [0.29, 0.717) is 32.4 Å². The fourth-order valence-corrected chi connectivity index (χ4v) is 3.36. The summed E-state index contributed by atoms with van der Waals surface area (Å²) in [7, 11) is 1.60. The van der Waals surface area contributed by atoms with E-state index in [-0.39, 0.29) is 36.5 Å². The summed E-state index contributed by atoms with van der Waals surface area (Å²) in [6.07, 6.45) is 1.77. The number of aliphatic carboxylic acids is 1. The molecule has 148 valence electrons. The van der Waals surface area contributed by atoms with E-state index in [2.05, 4.69) is 0 Å². The van der Waals surface area contributed by atoms with Crippen LogP contribution < -0.4 is 0 Å². The predicted octanol–water partition coefficient (Wildman–Crippen LogP) is 2.18. The summed E-state index contributed by atoms with van der Waals surface area (Å²) < 4.78 is 13.2. The molecule has 0 aliphatic carbocycles. The highest BCUT2D eigenvalue weighted by Gasteiger charge is 2.28. The molecule has 0 bridgehead atoms. The van der Waals surface area contributed by atoms with E-state index in [4.69, 9.17) is 5.11 Å². The largest absolute Gasteiger partial charge is 0.481 e. The second-order valence-electron chi connectivity index (χ2n) is 7.39. The first-order valence-electron chi connectivity index (χ1n) is 9.25. The Morgan fingerprint density at radius 3 is 2.56 bits per heavy atom. The molecule has 0 aromatic heterocycles. The van der Waals surface area contributed by atoms with Gasteiger partial charge >= 0.3 is 5.97 Å². The summed E-state index contributed by atoms with van der Waals surface area (Å²) in [4.78, 5) is 38.7. The molecule has 1 aliphatic heterocycles. The predicted molar refractivity (Wildman–Crippen MR) is 98.5 cm³/mol. The molecule has 0 saturated carbocycles. The van der Waals surface area contributed by atoms with Crippen molar-refractivity contribution in [2.24, 2.45) is 11.8 Å². The van der Waals surface area contributed by atoms with Crippen molar-refractivity contribution in [1.29, 1.82) is 0 Å². The van der Waals surface area contributed by atoms with Crippen LogP contribution in [0.2, 0.25) is 0 Å². The number of nitrogens with zero attached hydrogens (tertiary/aromatic N) is 2. The van der Waals surface area contributed by atoms with Crippen LogP contribution >= 0.6 is 0 Å². The molecule has 2 amide bonds. The molecule has 1 aliphatic rings. The fraction of sp³-hybridized carbons (Fsp3) is 0.550. The van der Waals surface area contributed by atoms with E-state index in [0.717, 1.165) is 5.56 Å². The second kappa shape index (κ2) is 9.48. The summed E-state index contributed by atoms with van der Waals surface area (Å²) in [5.74, 6) is -1.76. The molecule has 1 N–H and O–H groups in total. The smallest absolute Gasteiger partial charge is 0.306 e. The Morgan fingerprint density at radius 2 is 1.96 bits per heavy atom. The summed E-state index contributed by atoms with van der Waals surface area (Å²) in [5.41, 5.74) is 0.843. The normalized spacial score (nSPS) is 16.0.